The van der Waals surface area contributed by atoms with Crippen molar-refractivity contribution in [2.24, 2.45) is 5.92 Å². The van der Waals surface area contributed by atoms with E-state index in [0.29, 0.717) is 50.3 Å². The number of fused-ring (bicyclic) bond motifs is 1. The summed E-state index contributed by atoms with van der Waals surface area (Å²) in [4.78, 5) is 28.2. The Morgan fingerprint density at radius 2 is 2.00 bits per heavy atom. The predicted octanol–water partition coefficient (Wildman–Crippen LogP) is 2.73. The van der Waals surface area contributed by atoms with Gasteiger partial charge in [0, 0.05) is 37.8 Å². The molecular weight excluding hydrogens is 416 g/mol. The lowest BCUT2D eigenvalue weighted by Gasteiger charge is -2.39. The topological polar surface area (TPSA) is 73.6 Å². The van der Waals surface area contributed by atoms with Gasteiger partial charge < -0.3 is 9.64 Å². The van der Waals surface area contributed by atoms with E-state index in [-0.39, 0.29) is 29.4 Å². The van der Waals surface area contributed by atoms with Crippen molar-refractivity contribution in [3.8, 4) is 6.07 Å². The maximum Gasteiger partial charge on any atom is 0.338 e. The molecule has 2 atom stereocenters. The van der Waals surface area contributed by atoms with Crippen LogP contribution < -0.4 is 0 Å². The van der Waals surface area contributed by atoms with E-state index in [1.807, 2.05) is 6.08 Å². The maximum atomic E-state index is 14.1. The molecule has 6 nitrogen and oxygen atoms in total. The Bertz CT molecular complexity index is 1040. The van der Waals surface area contributed by atoms with Gasteiger partial charge in [-0.2, -0.15) is 5.26 Å². The van der Waals surface area contributed by atoms with E-state index in [0.717, 1.165) is 30.5 Å². The molecule has 3 aliphatic rings. The fourth-order valence-electron chi connectivity index (χ4n) is 4.65. The predicted molar refractivity (Wildman–Crippen MR) is 112 cm³/mol. The van der Waals surface area contributed by atoms with E-state index in [4.69, 9.17) is 10.00 Å². The van der Waals surface area contributed by atoms with E-state index in [2.05, 4.69) is 17.9 Å². The van der Waals surface area contributed by atoms with Gasteiger partial charge in [-0.15, -0.1) is 0 Å². The smallest absolute Gasteiger partial charge is 0.338 e. The maximum absolute atomic E-state index is 14.1. The SMILES string of the molecule is CC(CC1C=C2COC(=O)C2=CC1)N1CCN(C(=O)Cc2cc(F)c(C#N)cc2F)CC1. The van der Waals surface area contributed by atoms with Crippen LogP contribution in [0.3, 0.4) is 0 Å². The minimum absolute atomic E-state index is 0.0329. The Morgan fingerprint density at radius 3 is 2.72 bits per heavy atom. The van der Waals surface area contributed by atoms with Crippen molar-refractivity contribution >= 4 is 11.9 Å². The van der Waals surface area contributed by atoms with Crippen LogP contribution in [-0.2, 0) is 20.7 Å². The Kier molecular flexibility index (Phi) is 6.38. The van der Waals surface area contributed by atoms with E-state index in [9.17, 15) is 18.4 Å². The van der Waals surface area contributed by atoms with Gasteiger partial charge in [-0.1, -0.05) is 12.2 Å². The second-order valence-electron chi connectivity index (χ2n) is 8.60. The van der Waals surface area contributed by atoms with Crippen molar-refractivity contribution in [3.63, 3.8) is 0 Å². The quantitative estimate of drug-likeness (QED) is 0.657. The summed E-state index contributed by atoms with van der Waals surface area (Å²) in [7, 11) is 0. The van der Waals surface area contributed by atoms with E-state index in [1.54, 1.807) is 11.0 Å². The average molecular weight is 441 g/mol. The Morgan fingerprint density at radius 1 is 1.25 bits per heavy atom. The molecule has 2 unspecified atom stereocenters. The molecule has 1 aromatic rings. The first-order chi connectivity index (χ1) is 15.4. The highest BCUT2D eigenvalue weighted by molar-refractivity contribution is 5.96. The summed E-state index contributed by atoms with van der Waals surface area (Å²) >= 11 is 0. The molecular formula is C24H25F2N3O3. The third-order valence-corrected chi connectivity index (χ3v) is 6.52. The normalized spacial score (nSPS) is 21.9. The van der Waals surface area contributed by atoms with Crippen LogP contribution >= 0.6 is 0 Å². The van der Waals surface area contributed by atoms with E-state index < -0.39 is 11.6 Å². The lowest BCUT2D eigenvalue weighted by Crippen LogP contribution is -2.52. The summed E-state index contributed by atoms with van der Waals surface area (Å²) in [6, 6.07) is 3.68. The van der Waals surface area contributed by atoms with Gasteiger partial charge in [0.05, 0.1) is 17.6 Å². The molecule has 0 spiro atoms. The molecule has 2 fully saturated rings. The van der Waals surface area contributed by atoms with Crippen LogP contribution in [0.25, 0.3) is 0 Å². The van der Waals surface area contributed by atoms with Crippen LogP contribution in [-0.4, -0.2) is 60.5 Å². The first-order valence-corrected chi connectivity index (χ1v) is 10.8. The van der Waals surface area contributed by atoms with Gasteiger partial charge >= 0.3 is 5.97 Å². The lowest BCUT2D eigenvalue weighted by molar-refractivity contribution is -0.135. The molecule has 2 aliphatic heterocycles. The van der Waals surface area contributed by atoms with Gasteiger partial charge in [-0.05, 0) is 43.4 Å². The van der Waals surface area contributed by atoms with Crippen molar-refractivity contribution in [3.05, 3.63) is 58.2 Å². The number of carbonyl (C=O) groups is 2. The minimum atomic E-state index is -0.816. The first-order valence-electron chi connectivity index (χ1n) is 10.8. The highest BCUT2D eigenvalue weighted by atomic mass is 19.1. The van der Waals surface area contributed by atoms with Gasteiger partial charge in [0.15, 0.2) is 0 Å². The van der Waals surface area contributed by atoms with Crippen molar-refractivity contribution in [1.29, 1.82) is 5.26 Å². The zero-order valence-electron chi connectivity index (χ0n) is 17.9. The van der Waals surface area contributed by atoms with Crippen LogP contribution in [0.2, 0.25) is 0 Å². The molecule has 8 heteroatoms. The summed E-state index contributed by atoms with van der Waals surface area (Å²) in [5.74, 6) is -1.68. The fourth-order valence-corrected chi connectivity index (χ4v) is 4.65. The summed E-state index contributed by atoms with van der Waals surface area (Å²) < 4.78 is 33.0. The largest absolute Gasteiger partial charge is 0.457 e. The van der Waals surface area contributed by atoms with Crippen LogP contribution in [0.15, 0.2) is 35.4 Å². The summed E-state index contributed by atoms with van der Waals surface area (Å²) in [5.41, 5.74) is 1.29. The molecule has 2 saturated heterocycles. The average Bonchev–Trinajstić information content (AvgIpc) is 3.16. The van der Waals surface area contributed by atoms with Crippen molar-refractivity contribution in [2.75, 3.05) is 32.8 Å². The number of nitrogens with zero attached hydrogens (tertiary/aromatic N) is 3. The summed E-state index contributed by atoms with van der Waals surface area (Å²) in [6.45, 7) is 5.01. The molecule has 2 heterocycles. The molecule has 1 aliphatic carbocycles. The van der Waals surface area contributed by atoms with E-state index in [1.165, 1.54) is 0 Å². The highest BCUT2D eigenvalue weighted by Crippen LogP contribution is 2.31. The molecule has 32 heavy (non-hydrogen) atoms. The van der Waals surface area contributed by atoms with Gasteiger partial charge in [-0.3, -0.25) is 9.69 Å². The van der Waals surface area contributed by atoms with Gasteiger partial charge in [0.25, 0.3) is 0 Å². The number of piperazine rings is 1. The molecule has 168 valence electrons. The molecule has 1 aromatic carbocycles. The van der Waals surface area contributed by atoms with Crippen molar-refractivity contribution < 1.29 is 23.1 Å². The molecule has 0 aromatic heterocycles. The minimum Gasteiger partial charge on any atom is -0.457 e. The molecule has 0 N–H and O–H groups in total. The number of ether oxygens (including phenoxy) is 1. The van der Waals surface area contributed by atoms with Crippen LogP contribution in [0.1, 0.15) is 30.9 Å². The second kappa shape index (κ2) is 9.21. The number of hydrogen-bond donors (Lipinski definition) is 0. The molecule has 1 amide bonds. The standard InChI is InChI=1S/C24H25F2N3O3/c1-15(8-16-2-3-20-19(9-16)14-32-24(20)31)28-4-6-29(7-5-28)23(30)12-17-10-22(26)18(13-27)11-21(17)25/h3,9-11,15-16H,2,4-8,12,14H2,1H3. The molecule has 4 rings (SSSR count). The highest BCUT2D eigenvalue weighted by Gasteiger charge is 2.30. The third-order valence-electron chi connectivity index (χ3n) is 6.52. The Balaban J connectivity index is 1.28. The van der Waals surface area contributed by atoms with Gasteiger partial charge in [0.1, 0.15) is 24.3 Å². The van der Waals surface area contributed by atoms with Crippen LogP contribution in [0.4, 0.5) is 8.78 Å². The monoisotopic (exact) mass is 441 g/mol. The third kappa shape index (κ3) is 4.58. The van der Waals surface area contributed by atoms with Gasteiger partial charge in [0.2, 0.25) is 5.91 Å². The molecule has 0 bridgehead atoms. The van der Waals surface area contributed by atoms with Crippen molar-refractivity contribution in [2.45, 2.75) is 32.2 Å². The second-order valence-corrected chi connectivity index (χ2v) is 8.60. The number of allylic oxidation sites excluding steroid dienone is 2. The number of hydrogen-bond acceptors (Lipinski definition) is 5. The molecule has 0 saturated carbocycles. The zero-order valence-corrected chi connectivity index (χ0v) is 17.9. The number of nitriles is 1. The van der Waals surface area contributed by atoms with Crippen molar-refractivity contribution in [1.82, 2.24) is 9.80 Å². The first kappa shape index (κ1) is 22.2. The van der Waals surface area contributed by atoms with E-state index >= 15 is 0 Å². The van der Waals surface area contributed by atoms with Crippen LogP contribution in [0, 0.1) is 28.9 Å². The lowest BCUT2D eigenvalue weighted by atomic mass is 9.87. The summed E-state index contributed by atoms with van der Waals surface area (Å²) in [5, 5.41) is 8.78. The Labute approximate surface area is 185 Å². The fraction of sp³-hybridized carbons (Fsp3) is 0.458. The van der Waals surface area contributed by atoms with Crippen LogP contribution in [0.5, 0.6) is 0 Å². The number of rotatable bonds is 5. The molecule has 0 radical (unpaired) electrons. The number of amides is 1. The number of cyclic esters (lactones) is 1. The number of carbonyl (C=O) groups excluding carboxylic acids is 2. The summed E-state index contributed by atoms with van der Waals surface area (Å²) in [6.07, 6.45) is 5.68. The Hall–Kier alpha value is -3.05. The zero-order chi connectivity index (χ0) is 22.8. The number of halogens is 2. The number of benzene rings is 1. The number of esters is 1. The van der Waals surface area contributed by atoms with Gasteiger partial charge in [-0.25, -0.2) is 13.6 Å².